The van der Waals surface area contributed by atoms with E-state index in [9.17, 15) is 5.11 Å². The average molecular weight is 398 g/mol. The van der Waals surface area contributed by atoms with E-state index >= 15 is 0 Å². The fourth-order valence-corrected chi connectivity index (χ4v) is 4.34. The molecule has 3 rings (SSSR count). The zero-order valence-electron chi connectivity index (χ0n) is 15.1. The Morgan fingerprint density at radius 3 is 2.46 bits per heavy atom. The van der Waals surface area contributed by atoms with Gasteiger partial charge in [0.2, 0.25) is 0 Å². The first-order chi connectivity index (χ1) is 12.3. The molecule has 1 aromatic carbocycles. The third-order valence-corrected chi connectivity index (χ3v) is 5.75. The molecule has 2 aromatic rings. The third-order valence-electron chi connectivity index (χ3n) is 4.80. The number of rotatable bonds is 9. The van der Waals surface area contributed by atoms with E-state index in [1.807, 2.05) is 24.3 Å². The van der Waals surface area contributed by atoms with Crippen molar-refractivity contribution in [3.63, 3.8) is 0 Å². The van der Waals surface area contributed by atoms with Crippen molar-refractivity contribution in [1.29, 1.82) is 0 Å². The lowest BCUT2D eigenvalue weighted by atomic mass is 9.96. The fourth-order valence-electron chi connectivity index (χ4n) is 3.44. The molecule has 2 unspecified atom stereocenters. The number of aliphatic hydroxyl groups excluding tert-OH is 1. The highest BCUT2D eigenvalue weighted by Gasteiger charge is 2.27. The summed E-state index contributed by atoms with van der Waals surface area (Å²) in [6.07, 6.45) is 4.64. The van der Waals surface area contributed by atoms with Gasteiger partial charge in [-0.3, -0.25) is 0 Å². The van der Waals surface area contributed by atoms with E-state index in [0.29, 0.717) is 18.5 Å². The molecule has 0 amide bonds. The summed E-state index contributed by atoms with van der Waals surface area (Å²) in [6.45, 7) is 0.816. The summed E-state index contributed by atoms with van der Waals surface area (Å²) in [5.41, 5.74) is 0. The maximum absolute atomic E-state index is 10.3. The molecule has 1 heterocycles. The Bertz CT molecular complexity index is 614. The molecule has 1 aliphatic rings. The summed E-state index contributed by atoms with van der Waals surface area (Å²) in [5, 5.41) is 16.0. The average Bonchev–Trinajstić information content (AvgIpc) is 3.35. The summed E-state index contributed by atoms with van der Waals surface area (Å²) in [6, 6.07) is 12.1. The number of hydrogen-bond donors (Lipinski definition) is 2. The Morgan fingerprint density at radius 2 is 1.85 bits per heavy atom. The van der Waals surface area contributed by atoms with E-state index in [4.69, 9.17) is 9.47 Å². The summed E-state index contributed by atoms with van der Waals surface area (Å²) in [4.78, 5) is 1.37. The normalized spacial score (nSPS) is 16.7. The van der Waals surface area contributed by atoms with Crippen molar-refractivity contribution < 1.29 is 14.6 Å². The van der Waals surface area contributed by atoms with Crippen molar-refractivity contribution >= 4 is 23.7 Å². The van der Waals surface area contributed by atoms with Gasteiger partial charge in [0.05, 0.1) is 7.11 Å². The molecular formula is C20H28ClNO3S. The van der Waals surface area contributed by atoms with Crippen molar-refractivity contribution in [3.8, 4) is 11.5 Å². The minimum absolute atomic E-state index is 0. The number of hydrogen-bond acceptors (Lipinski definition) is 5. The van der Waals surface area contributed by atoms with Gasteiger partial charge < -0.3 is 19.9 Å². The lowest BCUT2D eigenvalue weighted by molar-refractivity contribution is 0.101. The first kappa shape index (κ1) is 21.0. The molecule has 6 heteroatoms. The molecule has 0 spiro atoms. The van der Waals surface area contributed by atoms with Gasteiger partial charge in [-0.25, -0.2) is 0 Å². The third kappa shape index (κ3) is 5.88. The van der Waals surface area contributed by atoms with Crippen LogP contribution in [0.3, 0.4) is 0 Å². The maximum atomic E-state index is 10.3. The highest BCUT2D eigenvalue weighted by Crippen LogP contribution is 2.37. The van der Waals surface area contributed by atoms with Crippen molar-refractivity contribution in [2.75, 3.05) is 20.3 Å². The van der Waals surface area contributed by atoms with Crippen LogP contribution in [-0.2, 0) is 0 Å². The fraction of sp³-hybridized carbons (Fsp3) is 0.500. The molecule has 1 saturated carbocycles. The second kappa shape index (κ2) is 10.8. The van der Waals surface area contributed by atoms with Gasteiger partial charge in [0.25, 0.3) is 0 Å². The molecule has 4 nitrogen and oxygen atoms in total. The number of methoxy groups -OCH3 is 1. The summed E-state index contributed by atoms with van der Waals surface area (Å²) < 4.78 is 10.8. The Hall–Kier alpha value is -1.27. The number of ether oxygens (including phenoxy) is 2. The molecule has 1 aliphatic carbocycles. The minimum Gasteiger partial charge on any atom is -0.497 e. The molecule has 0 aliphatic heterocycles. The van der Waals surface area contributed by atoms with E-state index in [2.05, 4.69) is 22.8 Å². The molecule has 1 fully saturated rings. The molecule has 1 aromatic heterocycles. The summed E-state index contributed by atoms with van der Waals surface area (Å²) in [5.74, 6) is 2.21. The van der Waals surface area contributed by atoms with Crippen LogP contribution in [0.25, 0.3) is 0 Å². The summed E-state index contributed by atoms with van der Waals surface area (Å²) in [7, 11) is 1.64. The van der Waals surface area contributed by atoms with Gasteiger partial charge in [0.15, 0.2) is 0 Å². The van der Waals surface area contributed by atoms with Crippen molar-refractivity contribution in [2.24, 2.45) is 5.92 Å². The molecule has 26 heavy (non-hydrogen) atoms. The number of halogens is 1. The van der Waals surface area contributed by atoms with E-state index < -0.39 is 6.10 Å². The van der Waals surface area contributed by atoms with Crippen LogP contribution in [0.1, 0.15) is 36.6 Å². The van der Waals surface area contributed by atoms with Crippen molar-refractivity contribution in [1.82, 2.24) is 5.32 Å². The molecule has 0 radical (unpaired) electrons. The Balaban J connectivity index is 0.00000243. The molecular weight excluding hydrogens is 370 g/mol. The zero-order valence-corrected chi connectivity index (χ0v) is 16.7. The Labute approximate surface area is 165 Å². The van der Waals surface area contributed by atoms with Crippen LogP contribution in [-0.4, -0.2) is 31.5 Å². The zero-order chi connectivity index (χ0) is 17.5. The van der Waals surface area contributed by atoms with Gasteiger partial charge in [-0.05, 0) is 54.5 Å². The van der Waals surface area contributed by atoms with Gasteiger partial charge in [-0.1, -0.05) is 18.9 Å². The molecule has 144 valence electrons. The monoisotopic (exact) mass is 397 g/mol. The van der Waals surface area contributed by atoms with Gasteiger partial charge in [-0.15, -0.1) is 23.7 Å². The lowest BCUT2D eigenvalue weighted by Gasteiger charge is -2.25. The minimum atomic E-state index is -0.536. The van der Waals surface area contributed by atoms with Crippen LogP contribution < -0.4 is 14.8 Å². The smallest absolute Gasteiger partial charge is 0.119 e. The number of aliphatic hydroxyl groups is 1. The predicted octanol–water partition coefficient (Wildman–Crippen LogP) is 4.44. The van der Waals surface area contributed by atoms with Crippen LogP contribution in [0.5, 0.6) is 11.5 Å². The molecule has 2 N–H and O–H groups in total. The predicted molar refractivity (Wildman–Crippen MR) is 109 cm³/mol. The van der Waals surface area contributed by atoms with Crippen molar-refractivity contribution in [3.05, 3.63) is 46.7 Å². The standard InChI is InChI=1S/C20H27NO3S.ClH/c1-23-17-8-10-18(11-9-17)24-14-16(22)13-21-20(15-5-2-3-6-15)19-7-4-12-25-19;/h4,7-12,15-16,20-22H,2-3,5-6,13-14H2,1H3;1H. The van der Waals surface area contributed by atoms with Gasteiger partial charge >= 0.3 is 0 Å². The second-order valence-electron chi connectivity index (χ2n) is 6.59. The first-order valence-electron chi connectivity index (χ1n) is 8.98. The van der Waals surface area contributed by atoms with Crippen molar-refractivity contribution in [2.45, 2.75) is 37.8 Å². The summed E-state index contributed by atoms with van der Waals surface area (Å²) >= 11 is 1.80. The van der Waals surface area contributed by atoms with E-state index in [-0.39, 0.29) is 19.0 Å². The SMILES string of the molecule is COc1ccc(OCC(O)CNC(c2cccs2)C2CCCC2)cc1.Cl. The second-order valence-corrected chi connectivity index (χ2v) is 7.57. The Morgan fingerprint density at radius 1 is 1.15 bits per heavy atom. The highest BCUT2D eigenvalue weighted by atomic mass is 35.5. The maximum Gasteiger partial charge on any atom is 0.119 e. The van der Waals surface area contributed by atoms with Gasteiger partial charge in [0, 0.05) is 17.5 Å². The molecule has 2 atom stereocenters. The van der Waals surface area contributed by atoms with Gasteiger partial charge in [0.1, 0.15) is 24.2 Å². The lowest BCUT2D eigenvalue weighted by Crippen LogP contribution is -2.36. The van der Waals surface area contributed by atoms with Crippen LogP contribution in [0.2, 0.25) is 0 Å². The highest BCUT2D eigenvalue weighted by molar-refractivity contribution is 7.10. The van der Waals surface area contributed by atoms with E-state index in [1.165, 1.54) is 30.6 Å². The van der Waals surface area contributed by atoms with E-state index in [0.717, 1.165) is 11.5 Å². The number of benzene rings is 1. The van der Waals surface area contributed by atoms with E-state index in [1.54, 1.807) is 18.4 Å². The van der Waals surface area contributed by atoms with Crippen LogP contribution >= 0.6 is 23.7 Å². The first-order valence-corrected chi connectivity index (χ1v) is 9.86. The topological polar surface area (TPSA) is 50.7 Å². The van der Waals surface area contributed by atoms with Crippen LogP contribution in [0.4, 0.5) is 0 Å². The molecule has 0 bridgehead atoms. The van der Waals surface area contributed by atoms with Crippen LogP contribution in [0.15, 0.2) is 41.8 Å². The quantitative estimate of drug-likeness (QED) is 0.656. The Kier molecular flexibility index (Phi) is 8.72. The largest absolute Gasteiger partial charge is 0.497 e. The number of nitrogens with one attached hydrogen (secondary N) is 1. The molecule has 0 saturated heterocycles. The van der Waals surface area contributed by atoms with Crippen LogP contribution in [0, 0.1) is 5.92 Å². The van der Waals surface area contributed by atoms with Gasteiger partial charge in [-0.2, -0.15) is 0 Å². The number of thiophene rings is 1.